The summed E-state index contributed by atoms with van der Waals surface area (Å²) in [5, 5.41) is 3.52. The van der Waals surface area contributed by atoms with Gasteiger partial charge in [-0.1, -0.05) is 33.1 Å². The maximum Gasteiger partial charge on any atom is 0.349 e. The van der Waals surface area contributed by atoms with Gasteiger partial charge in [0.1, 0.15) is 15.5 Å². The van der Waals surface area contributed by atoms with Crippen molar-refractivity contribution in [2.24, 2.45) is 11.8 Å². The Morgan fingerprint density at radius 1 is 1.19 bits per heavy atom. The van der Waals surface area contributed by atoms with Gasteiger partial charge in [-0.05, 0) is 43.6 Å². The molecular weight excluding hydrogens is 414 g/mol. The van der Waals surface area contributed by atoms with Crippen LogP contribution in [0.1, 0.15) is 73.4 Å². The fourth-order valence-corrected chi connectivity index (χ4v) is 5.92. The summed E-state index contributed by atoms with van der Waals surface area (Å²) in [7, 11) is 0. The molecule has 7 nitrogen and oxygen atoms in total. The summed E-state index contributed by atoms with van der Waals surface area (Å²) in [6.45, 7) is 6.49. The van der Waals surface area contributed by atoms with E-state index in [0.29, 0.717) is 39.0 Å². The highest BCUT2D eigenvalue weighted by molar-refractivity contribution is 7.20. The second-order valence-corrected chi connectivity index (χ2v) is 10.0. The molecule has 3 heterocycles. The normalized spacial score (nSPS) is 23.8. The monoisotopic (exact) mass is 445 g/mol. The van der Waals surface area contributed by atoms with Gasteiger partial charge < -0.3 is 10.1 Å². The highest BCUT2D eigenvalue weighted by atomic mass is 32.1. The first-order valence-electron chi connectivity index (χ1n) is 11.4. The second kappa shape index (κ2) is 9.10. The van der Waals surface area contributed by atoms with Crippen molar-refractivity contribution in [3.8, 4) is 0 Å². The fourth-order valence-electron chi connectivity index (χ4n) is 4.84. The van der Waals surface area contributed by atoms with Gasteiger partial charge in [0.15, 0.2) is 6.61 Å². The lowest BCUT2D eigenvalue weighted by Gasteiger charge is -2.34. The van der Waals surface area contributed by atoms with Crippen molar-refractivity contribution in [1.82, 2.24) is 14.9 Å². The Kier molecular flexibility index (Phi) is 6.46. The molecule has 2 aliphatic rings. The molecule has 8 heteroatoms. The third-order valence-electron chi connectivity index (χ3n) is 6.98. The predicted molar refractivity (Wildman–Crippen MR) is 121 cm³/mol. The molecule has 0 spiro atoms. The maximum absolute atomic E-state index is 13.0. The average molecular weight is 446 g/mol. The van der Waals surface area contributed by atoms with Crippen LogP contribution in [0.5, 0.6) is 0 Å². The summed E-state index contributed by atoms with van der Waals surface area (Å²) >= 11 is 1.18. The number of hydrogen-bond donors (Lipinski definition) is 1. The minimum Gasteiger partial charge on any atom is -0.451 e. The second-order valence-electron chi connectivity index (χ2n) is 9.05. The highest BCUT2D eigenvalue weighted by Crippen LogP contribution is 2.30. The zero-order chi connectivity index (χ0) is 22.1. The Labute approximate surface area is 186 Å². The van der Waals surface area contributed by atoms with E-state index in [0.717, 1.165) is 44.3 Å². The van der Waals surface area contributed by atoms with Crippen LogP contribution in [0.4, 0.5) is 0 Å². The number of carbonyl (C=O) groups is 2. The summed E-state index contributed by atoms with van der Waals surface area (Å²) < 4.78 is 7.07. The molecule has 0 bridgehead atoms. The number of nitrogens with zero attached hydrogens (tertiary/aromatic N) is 2. The fraction of sp³-hybridized carbons (Fsp3) is 0.652. The van der Waals surface area contributed by atoms with Gasteiger partial charge in [-0.3, -0.25) is 14.2 Å². The quantitative estimate of drug-likeness (QED) is 0.727. The van der Waals surface area contributed by atoms with E-state index in [4.69, 9.17) is 4.74 Å². The molecule has 1 aliphatic carbocycles. The summed E-state index contributed by atoms with van der Waals surface area (Å²) in [4.78, 5) is 43.7. The van der Waals surface area contributed by atoms with Gasteiger partial charge in [0.2, 0.25) is 0 Å². The SMILES string of the molecule is Cc1c(C(=O)OCC(=O)NC2CCCC(C)C2C)sc2nc3n(c(=O)c12)CCCCC3. The molecule has 2 aromatic rings. The first kappa shape index (κ1) is 22.0. The Hall–Kier alpha value is -2.22. The van der Waals surface area contributed by atoms with Gasteiger partial charge in [0.05, 0.1) is 5.39 Å². The molecule has 3 atom stereocenters. The van der Waals surface area contributed by atoms with E-state index >= 15 is 0 Å². The minimum atomic E-state index is -0.569. The van der Waals surface area contributed by atoms with E-state index in [1.54, 1.807) is 11.5 Å². The number of fused-ring (bicyclic) bond motifs is 2. The number of esters is 1. The molecular formula is C23H31N3O4S. The molecule has 0 saturated heterocycles. The molecule has 3 unspecified atom stereocenters. The predicted octanol–water partition coefficient (Wildman–Crippen LogP) is 3.59. The molecule has 1 amide bonds. The number of nitrogens with one attached hydrogen (secondary N) is 1. The van der Waals surface area contributed by atoms with Crippen LogP contribution in [0.2, 0.25) is 0 Å². The highest BCUT2D eigenvalue weighted by Gasteiger charge is 2.29. The first-order chi connectivity index (χ1) is 14.9. The van der Waals surface area contributed by atoms with Gasteiger partial charge >= 0.3 is 5.97 Å². The number of aryl methyl sites for hydroxylation is 2. The van der Waals surface area contributed by atoms with Gasteiger partial charge in [-0.15, -0.1) is 11.3 Å². The Morgan fingerprint density at radius 2 is 2.00 bits per heavy atom. The molecule has 1 N–H and O–H groups in total. The van der Waals surface area contributed by atoms with Crippen LogP contribution < -0.4 is 10.9 Å². The van der Waals surface area contributed by atoms with Crippen LogP contribution >= 0.6 is 11.3 Å². The maximum atomic E-state index is 13.0. The van der Waals surface area contributed by atoms with E-state index < -0.39 is 5.97 Å². The molecule has 0 aromatic carbocycles. The van der Waals surface area contributed by atoms with Crippen molar-refractivity contribution in [3.63, 3.8) is 0 Å². The number of carbonyl (C=O) groups excluding carboxylic acids is 2. The van der Waals surface area contributed by atoms with Crippen LogP contribution in [0.15, 0.2) is 4.79 Å². The van der Waals surface area contributed by atoms with E-state index in [1.807, 2.05) is 0 Å². The number of aromatic nitrogens is 2. The molecule has 0 radical (unpaired) electrons. The van der Waals surface area contributed by atoms with Crippen molar-refractivity contribution in [2.75, 3.05) is 6.61 Å². The lowest BCUT2D eigenvalue weighted by molar-refractivity contribution is -0.125. The third-order valence-corrected chi connectivity index (χ3v) is 8.15. The van der Waals surface area contributed by atoms with Gasteiger partial charge in [0, 0.05) is 19.0 Å². The summed E-state index contributed by atoms with van der Waals surface area (Å²) in [5.74, 6) is 0.937. The van der Waals surface area contributed by atoms with Gasteiger partial charge in [-0.25, -0.2) is 9.78 Å². The van der Waals surface area contributed by atoms with Crippen LogP contribution in [-0.4, -0.2) is 34.1 Å². The van der Waals surface area contributed by atoms with E-state index in [2.05, 4.69) is 24.1 Å². The molecule has 1 aliphatic heterocycles. The standard InChI is InChI=1S/C23H31N3O4S/c1-13-8-7-9-16(14(13)2)24-18(27)12-30-23(29)20-15(3)19-21(31-20)25-17-10-5-4-6-11-26(17)22(19)28/h13-14,16H,4-12H2,1-3H3,(H,24,27). The van der Waals surface area contributed by atoms with Crippen LogP contribution in [0, 0.1) is 18.8 Å². The molecule has 1 fully saturated rings. The number of hydrogen-bond acceptors (Lipinski definition) is 6. The zero-order valence-corrected chi connectivity index (χ0v) is 19.3. The summed E-state index contributed by atoms with van der Waals surface area (Å²) in [6.07, 6.45) is 7.10. The third kappa shape index (κ3) is 4.40. The van der Waals surface area contributed by atoms with Crippen LogP contribution in [0.3, 0.4) is 0 Å². The van der Waals surface area contributed by atoms with Crippen LogP contribution in [0.25, 0.3) is 10.2 Å². The van der Waals surface area contributed by atoms with E-state index in [-0.39, 0.29) is 24.1 Å². The smallest absolute Gasteiger partial charge is 0.349 e. The summed E-state index contributed by atoms with van der Waals surface area (Å²) in [5.41, 5.74) is 0.519. The zero-order valence-electron chi connectivity index (χ0n) is 18.5. The Morgan fingerprint density at radius 3 is 2.81 bits per heavy atom. The average Bonchev–Trinajstić information content (AvgIpc) is 2.91. The lowest BCUT2D eigenvalue weighted by Crippen LogP contribution is -2.45. The molecule has 31 heavy (non-hydrogen) atoms. The minimum absolute atomic E-state index is 0.0761. The van der Waals surface area contributed by atoms with Crippen molar-refractivity contribution in [3.05, 3.63) is 26.6 Å². The Bertz CT molecular complexity index is 1060. The first-order valence-corrected chi connectivity index (χ1v) is 12.2. The largest absolute Gasteiger partial charge is 0.451 e. The molecule has 168 valence electrons. The van der Waals surface area contributed by atoms with Crippen molar-refractivity contribution < 1.29 is 14.3 Å². The van der Waals surface area contributed by atoms with Crippen molar-refractivity contribution in [2.45, 2.75) is 78.3 Å². The number of ether oxygens (including phenoxy) is 1. The van der Waals surface area contributed by atoms with Gasteiger partial charge in [-0.2, -0.15) is 0 Å². The van der Waals surface area contributed by atoms with Crippen molar-refractivity contribution in [1.29, 1.82) is 0 Å². The molecule has 2 aromatic heterocycles. The lowest BCUT2D eigenvalue weighted by atomic mass is 9.78. The van der Waals surface area contributed by atoms with Crippen molar-refractivity contribution >= 4 is 33.4 Å². The molecule has 4 rings (SSSR count). The number of thiophene rings is 1. The topological polar surface area (TPSA) is 90.3 Å². The number of amides is 1. The molecule has 1 saturated carbocycles. The number of rotatable bonds is 4. The van der Waals surface area contributed by atoms with Gasteiger partial charge in [0.25, 0.3) is 11.5 Å². The van der Waals surface area contributed by atoms with E-state index in [9.17, 15) is 14.4 Å². The Balaban J connectivity index is 1.47. The summed E-state index contributed by atoms with van der Waals surface area (Å²) in [6, 6.07) is 0.126. The van der Waals surface area contributed by atoms with Crippen LogP contribution in [-0.2, 0) is 22.5 Å². The van der Waals surface area contributed by atoms with E-state index in [1.165, 1.54) is 17.8 Å².